The van der Waals surface area contributed by atoms with Gasteiger partial charge in [-0.05, 0) is 25.7 Å². The summed E-state index contributed by atoms with van der Waals surface area (Å²) < 4.78 is 0. The largest absolute Gasteiger partial charge is 0.343 e. The second kappa shape index (κ2) is 4.58. The Morgan fingerprint density at radius 3 is 2.95 bits per heavy atom. The van der Waals surface area contributed by atoms with Crippen molar-refractivity contribution in [2.24, 2.45) is 5.92 Å². The number of likely N-dealkylation sites (N-methyl/N-ethyl adjacent to an activating group) is 1. The Morgan fingerprint density at radius 2 is 2.19 bits per heavy atom. The first kappa shape index (κ1) is 12.9. The summed E-state index contributed by atoms with van der Waals surface area (Å²) in [7, 11) is 1.83. The van der Waals surface area contributed by atoms with Gasteiger partial charge in [0.05, 0.1) is 29.4 Å². The standard InChI is InChI=1S/C15H20N4O2/c1-18-8-12-10(14(18)20)3-2-6-19(12)15(21)11-7-16-17-13(11)9-4-5-9/h7,9-10,12H,2-6,8H2,1H3,(H,16,17)/t10-,12-/m1/s1. The van der Waals surface area contributed by atoms with Gasteiger partial charge in [0.15, 0.2) is 0 Å². The number of likely N-dealkylation sites (tertiary alicyclic amines) is 2. The van der Waals surface area contributed by atoms with E-state index in [-0.39, 0.29) is 23.8 Å². The lowest BCUT2D eigenvalue weighted by Gasteiger charge is -2.35. The van der Waals surface area contributed by atoms with Gasteiger partial charge < -0.3 is 9.80 Å². The van der Waals surface area contributed by atoms with Crippen LogP contribution in [0.5, 0.6) is 0 Å². The Balaban J connectivity index is 1.61. The molecule has 2 saturated heterocycles. The van der Waals surface area contributed by atoms with E-state index in [9.17, 15) is 9.59 Å². The van der Waals surface area contributed by atoms with Crippen molar-refractivity contribution in [3.63, 3.8) is 0 Å². The third kappa shape index (κ3) is 1.96. The van der Waals surface area contributed by atoms with E-state index in [4.69, 9.17) is 0 Å². The van der Waals surface area contributed by atoms with Gasteiger partial charge in [-0.1, -0.05) is 0 Å². The predicted molar refractivity (Wildman–Crippen MR) is 75.7 cm³/mol. The molecule has 3 heterocycles. The molecular formula is C15H20N4O2. The SMILES string of the molecule is CN1C[C@@H]2[C@@H](CCCN2C(=O)c2cn[nH]c2C2CC2)C1=O. The van der Waals surface area contributed by atoms with Gasteiger partial charge in [0, 0.05) is 26.1 Å². The fourth-order valence-electron chi connectivity index (χ4n) is 3.78. The van der Waals surface area contributed by atoms with E-state index in [1.807, 2.05) is 11.9 Å². The normalized spacial score (nSPS) is 28.9. The van der Waals surface area contributed by atoms with E-state index in [0.29, 0.717) is 18.0 Å². The summed E-state index contributed by atoms with van der Waals surface area (Å²) in [5.41, 5.74) is 1.69. The number of carbonyl (C=O) groups excluding carboxylic acids is 2. The highest BCUT2D eigenvalue weighted by molar-refractivity contribution is 5.96. The number of amides is 2. The number of piperidine rings is 1. The Morgan fingerprint density at radius 1 is 1.38 bits per heavy atom. The molecule has 2 aliphatic heterocycles. The van der Waals surface area contributed by atoms with Crippen molar-refractivity contribution >= 4 is 11.8 Å². The summed E-state index contributed by atoms with van der Waals surface area (Å²) in [6.07, 6.45) is 5.73. The zero-order chi connectivity index (χ0) is 14.6. The van der Waals surface area contributed by atoms with Crippen LogP contribution in [0.25, 0.3) is 0 Å². The lowest BCUT2D eigenvalue weighted by Crippen LogP contribution is -2.48. The molecule has 1 N–H and O–H groups in total. The molecule has 0 unspecified atom stereocenters. The molecule has 0 spiro atoms. The summed E-state index contributed by atoms with van der Waals surface area (Å²) in [5.74, 6) is 0.694. The topological polar surface area (TPSA) is 69.3 Å². The van der Waals surface area contributed by atoms with Crippen molar-refractivity contribution in [2.45, 2.75) is 37.6 Å². The average molecular weight is 288 g/mol. The van der Waals surface area contributed by atoms with Crippen LogP contribution in [0.1, 0.15) is 47.7 Å². The molecule has 0 bridgehead atoms. The third-order valence-corrected chi connectivity index (χ3v) is 5.08. The summed E-state index contributed by atoms with van der Waals surface area (Å²) in [4.78, 5) is 28.7. The molecule has 1 aromatic heterocycles. The Kier molecular flexibility index (Phi) is 2.80. The van der Waals surface area contributed by atoms with Gasteiger partial charge in [-0.15, -0.1) is 0 Å². The number of carbonyl (C=O) groups is 2. The van der Waals surface area contributed by atoms with Crippen molar-refractivity contribution < 1.29 is 9.59 Å². The van der Waals surface area contributed by atoms with E-state index in [0.717, 1.165) is 37.9 Å². The average Bonchev–Trinajstić information content (AvgIpc) is 3.15. The predicted octanol–water partition coefficient (Wildman–Crippen LogP) is 0.980. The molecule has 2 amide bonds. The van der Waals surface area contributed by atoms with Crippen LogP contribution in [0.15, 0.2) is 6.20 Å². The van der Waals surface area contributed by atoms with Gasteiger partial charge in [0.1, 0.15) is 0 Å². The van der Waals surface area contributed by atoms with Crippen LogP contribution in [0.3, 0.4) is 0 Å². The summed E-state index contributed by atoms with van der Waals surface area (Å²) in [6.45, 7) is 1.41. The number of H-pyrrole nitrogens is 1. The second-order valence-corrected chi connectivity index (χ2v) is 6.51. The van der Waals surface area contributed by atoms with Gasteiger partial charge in [-0.25, -0.2) is 0 Å². The zero-order valence-electron chi connectivity index (χ0n) is 12.2. The molecule has 3 aliphatic rings. The van der Waals surface area contributed by atoms with Gasteiger partial charge in [-0.3, -0.25) is 14.7 Å². The van der Waals surface area contributed by atoms with Crippen molar-refractivity contribution in [3.8, 4) is 0 Å². The number of hydrogen-bond acceptors (Lipinski definition) is 3. The quantitative estimate of drug-likeness (QED) is 0.882. The lowest BCUT2D eigenvalue weighted by molar-refractivity contribution is -0.130. The Labute approximate surface area is 123 Å². The highest BCUT2D eigenvalue weighted by Gasteiger charge is 2.46. The summed E-state index contributed by atoms with van der Waals surface area (Å²) in [6, 6.07) is 0.0331. The minimum Gasteiger partial charge on any atom is -0.343 e. The molecule has 0 radical (unpaired) electrons. The Bertz CT molecular complexity index is 592. The van der Waals surface area contributed by atoms with Gasteiger partial charge >= 0.3 is 0 Å². The van der Waals surface area contributed by atoms with Crippen LogP contribution >= 0.6 is 0 Å². The highest BCUT2D eigenvalue weighted by atomic mass is 16.2. The highest BCUT2D eigenvalue weighted by Crippen LogP contribution is 2.41. The van der Waals surface area contributed by atoms with E-state index >= 15 is 0 Å². The molecule has 4 rings (SSSR count). The first-order chi connectivity index (χ1) is 10.2. The molecule has 1 aliphatic carbocycles. The fraction of sp³-hybridized carbons (Fsp3) is 0.667. The second-order valence-electron chi connectivity index (χ2n) is 6.51. The first-order valence-electron chi connectivity index (χ1n) is 7.76. The maximum Gasteiger partial charge on any atom is 0.257 e. The summed E-state index contributed by atoms with van der Waals surface area (Å²) >= 11 is 0. The van der Waals surface area contributed by atoms with Crippen molar-refractivity contribution in [1.82, 2.24) is 20.0 Å². The lowest BCUT2D eigenvalue weighted by atomic mass is 9.91. The molecule has 0 aromatic carbocycles. The van der Waals surface area contributed by atoms with Crippen LogP contribution in [-0.4, -0.2) is 58.0 Å². The van der Waals surface area contributed by atoms with Crippen LogP contribution < -0.4 is 0 Å². The first-order valence-corrected chi connectivity index (χ1v) is 7.76. The van der Waals surface area contributed by atoms with Gasteiger partial charge in [0.25, 0.3) is 5.91 Å². The van der Waals surface area contributed by atoms with Crippen LogP contribution in [0, 0.1) is 5.92 Å². The smallest absolute Gasteiger partial charge is 0.257 e. The van der Waals surface area contributed by atoms with Gasteiger partial charge in [0.2, 0.25) is 5.91 Å². The van der Waals surface area contributed by atoms with E-state index in [2.05, 4.69) is 10.2 Å². The van der Waals surface area contributed by atoms with Crippen LogP contribution in [0.2, 0.25) is 0 Å². The van der Waals surface area contributed by atoms with Gasteiger partial charge in [-0.2, -0.15) is 5.10 Å². The van der Waals surface area contributed by atoms with E-state index in [1.165, 1.54) is 0 Å². The fourth-order valence-corrected chi connectivity index (χ4v) is 3.78. The van der Waals surface area contributed by atoms with Crippen molar-refractivity contribution in [3.05, 3.63) is 17.5 Å². The molecular weight excluding hydrogens is 268 g/mol. The van der Waals surface area contributed by atoms with Crippen molar-refractivity contribution in [2.75, 3.05) is 20.1 Å². The molecule has 2 atom stereocenters. The number of aromatic amines is 1. The number of hydrogen-bond donors (Lipinski definition) is 1. The third-order valence-electron chi connectivity index (χ3n) is 5.08. The maximum atomic E-state index is 12.9. The number of nitrogens with one attached hydrogen (secondary N) is 1. The molecule has 112 valence electrons. The summed E-state index contributed by atoms with van der Waals surface area (Å²) in [5, 5.41) is 7.05. The van der Waals surface area contributed by atoms with E-state index < -0.39 is 0 Å². The van der Waals surface area contributed by atoms with E-state index in [1.54, 1.807) is 11.1 Å². The minimum atomic E-state index is -0.0102. The maximum absolute atomic E-state index is 12.9. The molecule has 6 heteroatoms. The molecule has 1 aromatic rings. The zero-order valence-corrected chi connectivity index (χ0v) is 12.2. The molecule has 21 heavy (non-hydrogen) atoms. The number of fused-ring (bicyclic) bond motifs is 1. The Hall–Kier alpha value is -1.85. The monoisotopic (exact) mass is 288 g/mol. The number of rotatable bonds is 2. The molecule has 3 fully saturated rings. The molecule has 6 nitrogen and oxygen atoms in total. The van der Waals surface area contributed by atoms with Crippen molar-refractivity contribution in [1.29, 1.82) is 0 Å². The molecule has 1 saturated carbocycles. The van der Waals surface area contributed by atoms with Crippen LogP contribution in [-0.2, 0) is 4.79 Å². The number of aromatic nitrogens is 2. The minimum absolute atomic E-state index is 0.0102. The number of nitrogens with zero attached hydrogens (tertiary/aromatic N) is 3. The van der Waals surface area contributed by atoms with Crippen LogP contribution in [0.4, 0.5) is 0 Å².